The average molecular weight is 227 g/mol. The highest BCUT2D eigenvalue weighted by atomic mass is 32.2. The van der Waals surface area contributed by atoms with E-state index in [1.807, 2.05) is 19.4 Å². The molecule has 1 aromatic rings. The van der Waals surface area contributed by atoms with E-state index in [4.69, 9.17) is 5.73 Å². The highest BCUT2D eigenvalue weighted by molar-refractivity contribution is 7.85. The quantitative estimate of drug-likeness (QED) is 0.819. The molecule has 15 heavy (non-hydrogen) atoms. The first-order valence-electron chi connectivity index (χ1n) is 5.30. The van der Waals surface area contributed by atoms with Crippen molar-refractivity contribution in [1.82, 2.24) is 9.55 Å². The van der Waals surface area contributed by atoms with Gasteiger partial charge in [-0.3, -0.25) is 4.21 Å². The number of rotatable bonds is 2. The molecule has 1 aliphatic heterocycles. The molecule has 4 nitrogen and oxygen atoms in total. The third kappa shape index (κ3) is 2.29. The van der Waals surface area contributed by atoms with Gasteiger partial charge in [-0.05, 0) is 19.8 Å². The first kappa shape index (κ1) is 10.8. The maximum absolute atomic E-state index is 11.3. The van der Waals surface area contributed by atoms with Crippen LogP contribution in [-0.2, 0) is 10.8 Å². The number of nitrogens with zero attached hydrogens (tertiary/aromatic N) is 2. The monoisotopic (exact) mass is 227 g/mol. The fraction of sp³-hybridized carbons (Fsp3) is 0.700. The van der Waals surface area contributed by atoms with Gasteiger partial charge in [0.25, 0.3) is 0 Å². The molecular formula is C10H17N3OS. The van der Waals surface area contributed by atoms with Crippen LogP contribution in [0.1, 0.15) is 37.5 Å². The molecule has 1 aliphatic rings. The minimum Gasteiger partial charge on any atom is -0.330 e. The van der Waals surface area contributed by atoms with Crippen LogP contribution in [0.15, 0.2) is 12.5 Å². The van der Waals surface area contributed by atoms with E-state index < -0.39 is 10.8 Å². The SMILES string of the molecule is C[C@H](N)c1cncn1C1CCS(=O)CC1. The molecule has 84 valence electrons. The number of nitrogens with two attached hydrogens (primary N) is 1. The summed E-state index contributed by atoms with van der Waals surface area (Å²) in [7, 11) is -0.605. The summed E-state index contributed by atoms with van der Waals surface area (Å²) < 4.78 is 13.4. The zero-order valence-corrected chi connectivity index (χ0v) is 9.74. The lowest BCUT2D eigenvalue weighted by Crippen LogP contribution is -2.24. The second kappa shape index (κ2) is 4.45. The molecule has 0 amide bonds. The topological polar surface area (TPSA) is 60.9 Å². The predicted octanol–water partition coefficient (Wildman–Crippen LogP) is 0.986. The van der Waals surface area contributed by atoms with Crippen molar-refractivity contribution in [2.24, 2.45) is 5.73 Å². The van der Waals surface area contributed by atoms with E-state index in [0.717, 1.165) is 30.0 Å². The van der Waals surface area contributed by atoms with Gasteiger partial charge in [0.15, 0.2) is 0 Å². The average Bonchev–Trinajstić information content (AvgIpc) is 2.67. The van der Waals surface area contributed by atoms with Gasteiger partial charge in [-0.15, -0.1) is 0 Å². The van der Waals surface area contributed by atoms with Crippen LogP contribution in [0.2, 0.25) is 0 Å². The first-order chi connectivity index (χ1) is 7.18. The molecular weight excluding hydrogens is 210 g/mol. The van der Waals surface area contributed by atoms with Crippen LogP contribution in [0.25, 0.3) is 0 Å². The Hall–Kier alpha value is -0.680. The normalized spacial score (nSPS) is 28.9. The standard InChI is InChI=1S/C10H17N3OS/c1-8(11)10-6-12-7-13(10)9-2-4-15(14)5-3-9/h6-9H,2-5,11H2,1H3/t8-,9?,15?/m0/s1. The minimum absolute atomic E-state index is 0.0138. The molecule has 0 aromatic carbocycles. The number of imidazole rings is 1. The van der Waals surface area contributed by atoms with Crippen LogP contribution in [0.5, 0.6) is 0 Å². The summed E-state index contributed by atoms with van der Waals surface area (Å²) in [4.78, 5) is 4.14. The van der Waals surface area contributed by atoms with Crippen molar-refractivity contribution in [3.63, 3.8) is 0 Å². The van der Waals surface area contributed by atoms with Crippen LogP contribution in [0, 0.1) is 0 Å². The third-order valence-electron chi connectivity index (χ3n) is 2.91. The van der Waals surface area contributed by atoms with Gasteiger partial charge in [0.2, 0.25) is 0 Å². The molecule has 0 aliphatic carbocycles. The van der Waals surface area contributed by atoms with Crippen LogP contribution >= 0.6 is 0 Å². The van der Waals surface area contributed by atoms with Crippen molar-refractivity contribution in [1.29, 1.82) is 0 Å². The molecule has 2 heterocycles. The van der Waals surface area contributed by atoms with Crippen molar-refractivity contribution in [2.45, 2.75) is 31.8 Å². The summed E-state index contributed by atoms with van der Waals surface area (Å²) in [6.45, 7) is 1.97. The van der Waals surface area contributed by atoms with Crippen LogP contribution in [0.3, 0.4) is 0 Å². The number of aromatic nitrogens is 2. The maximum Gasteiger partial charge on any atom is 0.0951 e. The molecule has 5 heteroatoms. The van der Waals surface area contributed by atoms with Crippen molar-refractivity contribution in [3.05, 3.63) is 18.2 Å². The second-order valence-electron chi connectivity index (χ2n) is 4.09. The molecule has 2 rings (SSSR count). The van der Waals surface area contributed by atoms with E-state index in [1.165, 1.54) is 0 Å². The Balaban J connectivity index is 2.15. The van der Waals surface area contributed by atoms with Crippen LogP contribution in [0.4, 0.5) is 0 Å². The number of hydrogen-bond donors (Lipinski definition) is 1. The molecule has 1 saturated heterocycles. The summed E-state index contributed by atoms with van der Waals surface area (Å²) in [5.41, 5.74) is 6.95. The summed E-state index contributed by atoms with van der Waals surface area (Å²) >= 11 is 0. The highest BCUT2D eigenvalue weighted by Crippen LogP contribution is 2.25. The van der Waals surface area contributed by atoms with Crippen LogP contribution in [-0.4, -0.2) is 25.3 Å². The molecule has 1 fully saturated rings. The van der Waals surface area contributed by atoms with Gasteiger partial charge >= 0.3 is 0 Å². The first-order valence-corrected chi connectivity index (χ1v) is 6.79. The van der Waals surface area contributed by atoms with E-state index in [1.54, 1.807) is 0 Å². The summed E-state index contributed by atoms with van der Waals surface area (Å²) in [5, 5.41) is 0. The minimum atomic E-state index is -0.605. The van der Waals surface area contributed by atoms with Crippen molar-refractivity contribution in [3.8, 4) is 0 Å². The lowest BCUT2D eigenvalue weighted by molar-refractivity contribution is 0.441. The summed E-state index contributed by atoms with van der Waals surface area (Å²) in [6.07, 6.45) is 5.62. The van der Waals surface area contributed by atoms with E-state index in [2.05, 4.69) is 9.55 Å². The zero-order valence-electron chi connectivity index (χ0n) is 8.93. The van der Waals surface area contributed by atoms with E-state index in [9.17, 15) is 4.21 Å². The maximum atomic E-state index is 11.3. The zero-order chi connectivity index (χ0) is 10.8. The molecule has 0 unspecified atom stereocenters. The Labute approximate surface area is 92.3 Å². The Kier molecular flexibility index (Phi) is 3.21. The lowest BCUT2D eigenvalue weighted by Gasteiger charge is -2.25. The van der Waals surface area contributed by atoms with Gasteiger partial charge in [-0.2, -0.15) is 0 Å². The van der Waals surface area contributed by atoms with Gasteiger partial charge in [-0.25, -0.2) is 4.98 Å². The smallest absolute Gasteiger partial charge is 0.0951 e. The molecule has 1 aromatic heterocycles. The van der Waals surface area contributed by atoms with Crippen molar-refractivity contribution < 1.29 is 4.21 Å². The largest absolute Gasteiger partial charge is 0.330 e. The highest BCUT2D eigenvalue weighted by Gasteiger charge is 2.21. The third-order valence-corrected chi connectivity index (χ3v) is 4.30. The van der Waals surface area contributed by atoms with Crippen LogP contribution < -0.4 is 5.73 Å². The Bertz CT molecular complexity index is 351. The van der Waals surface area contributed by atoms with E-state index in [0.29, 0.717) is 6.04 Å². The second-order valence-corrected chi connectivity index (χ2v) is 5.79. The fourth-order valence-electron chi connectivity index (χ4n) is 2.03. The molecule has 0 spiro atoms. The van der Waals surface area contributed by atoms with E-state index in [-0.39, 0.29) is 6.04 Å². The van der Waals surface area contributed by atoms with Gasteiger partial charge in [-0.1, -0.05) is 0 Å². The molecule has 0 bridgehead atoms. The Morgan fingerprint density at radius 1 is 1.60 bits per heavy atom. The Morgan fingerprint density at radius 2 is 2.27 bits per heavy atom. The van der Waals surface area contributed by atoms with Gasteiger partial charge < -0.3 is 10.3 Å². The van der Waals surface area contributed by atoms with Crippen molar-refractivity contribution in [2.75, 3.05) is 11.5 Å². The summed E-state index contributed by atoms with van der Waals surface area (Å²) in [6, 6.07) is 0.450. The van der Waals surface area contributed by atoms with Gasteiger partial charge in [0, 0.05) is 40.6 Å². The van der Waals surface area contributed by atoms with Crippen molar-refractivity contribution >= 4 is 10.8 Å². The fourth-order valence-corrected chi connectivity index (χ4v) is 3.31. The molecule has 1 atom stereocenters. The van der Waals surface area contributed by atoms with E-state index >= 15 is 0 Å². The predicted molar refractivity (Wildman–Crippen MR) is 61.0 cm³/mol. The van der Waals surface area contributed by atoms with Gasteiger partial charge in [0.05, 0.1) is 12.0 Å². The number of hydrogen-bond acceptors (Lipinski definition) is 3. The lowest BCUT2D eigenvalue weighted by atomic mass is 10.1. The molecule has 0 saturated carbocycles. The van der Waals surface area contributed by atoms with Gasteiger partial charge in [0.1, 0.15) is 0 Å². The Morgan fingerprint density at radius 3 is 2.87 bits per heavy atom. The summed E-state index contributed by atoms with van der Waals surface area (Å²) in [5.74, 6) is 1.61. The molecule has 2 N–H and O–H groups in total. The molecule has 0 radical (unpaired) electrons.